The van der Waals surface area contributed by atoms with Crippen molar-refractivity contribution in [1.29, 1.82) is 0 Å². The average molecular weight is 284 g/mol. The van der Waals surface area contributed by atoms with Gasteiger partial charge in [0.15, 0.2) is 11.2 Å². The lowest BCUT2D eigenvalue weighted by molar-refractivity contribution is 0.0942. The van der Waals surface area contributed by atoms with E-state index in [2.05, 4.69) is 20.3 Å². The second-order valence-corrected chi connectivity index (χ2v) is 4.20. The van der Waals surface area contributed by atoms with Crippen molar-refractivity contribution in [2.75, 3.05) is 7.11 Å². The van der Waals surface area contributed by atoms with Crippen molar-refractivity contribution in [2.45, 2.75) is 6.54 Å². The number of amides is 1. The smallest absolute Gasteiger partial charge is 0.270 e. The van der Waals surface area contributed by atoms with Crippen LogP contribution in [0.15, 0.2) is 41.1 Å². The van der Waals surface area contributed by atoms with E-state index in [-0.39, 0.29) is 18.1 Å². The molecule has 0 fully saturated rings. The number of fused-ring (bicyclic) bond motifs is 1. The van der Waals surface area contributed by atoms with Crippen molar-refractivity contribution in [2.24, 2.45) is 0 Å². The Morgan fingerprint density at radius 3 is 3.05 bits per heavy atom. The monoisotopic (exact) mass is 284 g/mol. The average Bonchev–Trinajstić information content (AvgIpc) is 2.95. The molecular weight excluding hydrogens is 272 g/mol. The number of rotatable bonds is 4. The molecule has 0 aliphatic heterocycles. The molecule has 21 heavy (non-hydrogen) atoms. The first-order valence-corrected chi connectivity index (χ1v) is 6.25. The molecule has 0 aliphatic carbocycles. The van der Waals surface area contributed by atoms with E-state index >= 15 is 0 Å². The van der Waals surface area contributed by atoms with E-state index < -0.39 is 0 Å². The second-order valence-electron chi connectivity index (χ2n) is 4.20. The maximum Gasteiger partial charge on any atom is 0.270 e. The van der Waals surface area contributed by atoms with Crippen LogP contribution in [0.25, 0.3) is 11.2 Å². The molecular formula is C14H12N4O3. The molecule has 7 nitrogen and oxygen atoms in total. The van der Waals surface area contributed by atoms with Gasteiger partial charge in [0, 0.05) is 18.5 Å². The molecule has 0 spiro atoms. The Hall–Kier alpha value is -2.96. The molecule has 0 saturated heterocycles. The molecule has 0 aromatic carbocycles. The third-order valence-corrected chi connectivity index (χ3v) is 2.81. The van der Waals surface area contributed by atoms with Crippen LogP contribution in [0.5, 0.6) is 5.75 Å². The quantitative estimate of drug-likeness (QED) is 0.781. The predicted octanol–water partition coefficient (Wildman–Crippen LogP) is 1.56. The molecule has 0 aliphatic rings. The van der Waals surface area contributed by atoms with Crippen molar-refractivity contribution >= 4 is 17.1 Å². The van der Waals surface area contributed by atoms with Crippen molar-refractivity contribution in [3.8, 4) is 5.75 Å². The Bertz CT molecular complexity index is 751. The van der Waals surface area contributed by atoms with Gasteiger partial charge < -0.3 is 14.5 Å². The summed E-state index contributed by atoms with van der Waals surface area (Å²) >= 11 is 0. The van der Waals surface area contributed by atoms with Crippen molar-refractivity contribution in [1.82, 2.24) is 20.3 Å². The number of hydrogen-bond acceptors (Lipinski definition) is 6. The summed E-state index contributed by atoms with van der Waals surface area (Å²) in [4.78, 5) is 24.2. The van der Waals surface area contributed by atoms with Crippen LogP contribution in [0.1, 0.15) is 16.4 Å². The molecule has 0 radical (unpaired) electrons. The number of pyridine rings is 2. The summed E-state index contributed by atoms with van der Waals surface area (Å²) in [6, 6.07) is 6.76. The first kappa shape index (κ1) is 13.0. The van der Waals surface area contributed by atoms with E-state index in [1.54, 1.807) is 30.5 Å². The number of methoxy groups -OCH3 is 1. The summed E-state index contributed by atoms with van der Waals surface area (Å²) in [7, 11) is 1.53. The molecule has 3 rings (SSSR count). The zero-order chi connectivity index (χ0) is 14.7. The third-order valence-electron chi connectivity index (χ3n) is 2.81. The summed E-state index contributed by atoms with van der Waals surface area (Å²) < 4.78 is 10.5. The molecule has 3 heterocycles. The molecule has 1 N–H and O–H groups in total. The van der Waals surface area contributed by atoms with E-state index in [4.69, 9.17) is 9.15 Å². The van der Waals surface area contributed by atoms with Crippen molar-refractivity contribution in [3.63, 3.8) is 0 Å². The highest BCUT2D eigenvalue weighted by Crippen LogP contribution is 2.13. The zero-order valence-electron chi connectivity index (χ0n) is 11.2. The van der Waals surface area contributed by atoms with Crippen LogP contribution in [-0.4, -0.2) is 28.0 Å². The van der Waals surface area contributed by atoms with E-state index in [0.717, 1.165) is 0 Å². The molecule has 3 aromatic rings. The number of carbonyl (C=O) groups excluding carboxylic acids is 1. The minimum Gasteiger partial charge on any atom is -0.497 e. The van der Waals surface area contributed by atoms with Gasteiger partial charge in [-0.25, -0.2) is 4.98 Å². The molecule has 0 atom stereocenters. The van der Waals surface area contributed by atoms with Gasteiger partial charge in [0.05, 0.1) is 13.7 Å². The molecule has 0 bridgehead atoms. The SMILES string of the molecule is COc1ccnc(C(=O)NCc2nc3ncccc3o2)c1. The number of nitrogens with one attached hydrogen (secondary N) is 1. The minimum absolute atomic E-state index is 0.161. The van der Waals surface area contributed by atoms with Crippen molar-refractivity contribution in [3.05, 3.63) is 48.2 Å². The number of ether oxygens (including phenoxy) is 1. The van der Waals surface area contributed by atoms with Crippen LogP contribution in [0, 0.1) is 0 Å². The first-order chi connectivity index (χ1) is 10.3. The molecule has 1 amide bonds. The maximum atomic E-state index is 12.0. The van der Waals surface area contributed by atoms with E-state index in [9.17, 15) is 4.79 Å². The molecule has 106 valence electrons. The van der Waals surface area contributed by atoms with E-state index in [1.165, 1.54) is 13.3 Å². The van der Waals surface area contributed by atoms with Gasteiger partial charge in [-0.3, -0.25) is 9.78 Å². The summed E-state index contributed by atoms with van der Waals surface area (Å²) in [5.74, 6) is 0.630. The maximum absolute atomic E-state index is 12.0. The molecule has 0 saturated carbocycles. The number of oxazole rings is 1. The standard InChI is InChI=1S/C14H12N4O3/c1-20-9-4-6-15-10(7-9)14(19)17-8-12-18-13-11(21-12)3-2-5-16-13/h2-7H,8H2,1H3,(H,17,19). The Morgan fingerprint density at radius 2 is 2.24 bits per heavy atom. The highest BCUT2D eigenvalue weighted by atomic mass is 16.5. The predicted molar refractivity (Wildman–Crippen MR) is 73.8 cm³/mol. The second kappa shape index (κ2) is 5.58. The van der Waals surface area contributed by atoms with Gasteiger partial charge in [-0.2, -0.15) is 4.98 Å². The highest BCUT2D eigenvalue weighted by molar-refractivity contribution is 5.92. The normalized spacial score (nSPS) is 10.5. The van der Waals surface area contributed by atoms with Crippen LogP contribution in [0.3, 0.4) is 0 Å². The molecule has 3 aromatic heterocycles. The Balaban J connectivity index is 1.70. The van der Waals surface area contributed by atoms with Crippen LogP contribution >= 0.6 is 0 Å². The van der Waals surface area contributed by atoms with Gasteiger partial charge >= 0.3 is 0 Å². The van der Waals surface area contributed by atoms with E-state index in [1.807, 2.05) is 0 Å². The zero-order valence-corrected chi connectivity index (χ0v) is 11.2. The summed E-state index contributed by atoms with van der Waals surface area (Å²) in [5.41, 5.74) is 1.37. The number of nitrogens with zero attached hydrogens (tertiary/aromatic N) is 3. The topological polar surface area (TPSA) is 90.1 Å². The fraction of sp³-hybridized carbons (Fsp3) is 0.143. The lowest BCUT2D eigenvalue weighted by Crippen LogP contribution is -2.23. The van der Waals surface area contributed by atoms with Crippen LogP contribution in [-0.2, 0) is 6.54 Å². The summed E-state index contributed by atoms with van der Waals surface area (Å²) in [6.45, 7) is 0.161. The molecule has 0 unspecified atom stereocenters. The number of carbonyl (C=O) groups is 1. The van der Waals surface area contributed by atoms with Gasteiger partial charge in [-0.1, -0.05) is 0 Å². The highest BCUT2D eigenvalue weighted by Gasteiger charge is 2.11. The lowest BCUT2D eigenvalue weighted by Gasteiger charge is -2.03. The van der Waals surface area contributed by atoms with Crippen LogP contribution < -0.4 is 10.1 Å². The number of aromatic nitrogens is 3. The number of hydrogen-bond donors (Lipinski definition) is 1. The Morgan fingerprint density at radius 1 is 1.33 bits per heavy atom. The van der Waals surface area contributed by atoms with Gasteiger partial charge in [0.25, 0.3) is 5.91 Å². The van der Waals surface area contributed by atoms with Crippen molar-refractivity contribution < 1.29 is 13.9 Å². The fourth-order valence-corrected chi connectivity index (χ4v) is 1.80. The summed E-state index contributed by atoms with van der Waals surface area (Å²) in [5, 5.41) is 2.69. The fourth-order valence-electron chi connectivity index (χ4n) is 1.80. The molecule has 7 heteroatoms. The van der Waals surface area contributed by atoms with E-state index in [0.29, 0.717) is 22.9 Å². The third kappa shape index (κ3) is 2.81. The minimum atomic E-state index is -0.330. The van der Waals surface area contributed by atoms with Gasteiger partial charge in [0.1, 0.15) is 11.4 Å². The first-order valence-electron chi connectivity index (χ1n) is 6.25. The largest absolute Gasteiger partial charge is 0.497 e. The van der Waals surface area contributed by atoms with Gasteiger partial charge in [-0.05, 0) is 18.2 Å². The van der Waals surface area contributed by atoms with Crippen LogP contribution in [0.4, 0.5) is 0 Å². The Labute approximate surface area is 120 Å². The Kier molecular flexibility index (Phi) is 3.46. The van der Waals surface area contributed by atoms with Gasteiger partial charge in [0.2, 0.25) is 5.89 Å². The van der Waals surface area contributed by atoms with Gasteiger partial charge in [-0.15, -0.1) is 0 Å². The lowest BCUT2D eigenvalue weighted by atomic mass is 10.3. The van der Waals surface area contributed by atoms with Crippen LogP contribution in [0.2, 0.25) is 0 Å². The summed E-state index contributed by atoms with van der Waals surface area (Å²) in [6.07, 6.45) is 3.14.